The SMILES string of the molecule is CC1CN(Cc2csc(NC(=O)c3cccc([N+](=O)[O-])c3)n2)CC(C)O1. The van der Waals surface area contributed by atoms with Gasteiger partial charge in [0.05, 0.1) is 22.8 Å². The molecule has 3 rings (SSSR count). The summed E-state index contributed by atoms with van der Waals surface area (Å²) in [4.78, 5) is 29.3. The van der Waals surface area contributed by atoms with Crippen LogP contribution in [0.3, 0.4) is 0 Å². The third-order valence-corrected chi connectivity index (χ3v) is 4.78. The number of nitro benzene ring substituents is 1. The molecular formula is C17H20N4O4S. The number of hydrogen-bond acceptors (Lipinski definition) is 7. The number of thiazole rings is 1. The highest BCUT2D eigenvalue weighted by Gasteiger charge is 2.23. The molecule has 1 aromatic carbocycles. The first-order valence-electron chi connectivity index (χ1n) is 8.28. The number of nitro groups is 1. The van der Waals surface area contributed by atoms with Crippen LogP contribution >= 0.6 is 11.3 Å². The maximum atomic E-state index is 12.3. The van der Waals surface area contributed by atoms with Gasteiger partial charge in [-0.2, -0.15) is 0 Å². The summed E-state index contributed by atoms with van der Waals surface area (Å²) in [6.07, 6.45) is 0.371. The summed E-state index contributed by atoms with van der Waals surface area (Å²) in [6.45, 7) is 6.48. The van der Waals surface area contributed by atoms with Crippen LogP contribution in [0.5, 0.6) is 0 Å². The van der Waals surface area contributed by atoms with E-state index in [1.807, 2.05) is 5.38 Å². The molecule has 2 heterocycles. The average molecular weight is 376 g/mol. The monoisotopic (exact) mass is 376 g/mol. The first-order chi connectivity index (χ1) is 12.4. The molecule has 2 unspecified atom stereocenters. The van der Waals surface area contributed by atoms with Crippen molar-refractivity contribution in [2.45, 2.75) is 32.6 Å². The zero-order chi connectivity index (χ0) is 18.7. The lowest BCUT2D eigenvalue weighted by molar-refractivity contribution is -0.384. The number of morpholine rings is 1. The summed E-state index contributed by atoms with van der Waals surface area (Å²) in [5, 5.41) is 15.9. The van der Waals surface area contributed by atoms with Crippen LogP contribution < -0.4 is 5.32 Å². The topological polar surface area (TPSA) is 97.6 Å². The van der Waals surface area contributed by atoms with Gasteiger partial charge in [0.15, 0.2) is 5.13 Å². The van der Waals surface area contributed by atoms with E-state index in [2.05, 4.69) is 29.0 Å². The Morgan fingerprint density at radius 3 is 2.85 bits per heavy atom. The Balaban J connectivity index is 1.62. The molecule has 1 fully saturated rings. The second-order valence-corrected chi connectivity index (χ2v) is 7.22. The van der Waals surface area contributed by atoms with Gasteiger partial charge in [-0.05, 0) is 19.9 Å². The molecule has 2 aromatic rings. The van der Waals surface area contributed by atoms with Crippen molar-refractivity contribution in [3.8, 4) is 0 Å². The van der Waals surface area contributed by atoms with E-state index in [0.29, 0.717) is 11.7 Å². The fraction of sp³-hybridized carbons (Fsp3) is 0.412. The number of carbonyl (C=O) groups excluding carboxylic acids is 1. The normalized spacial score (nSPS) is 20.7. The molecule has 1 aromatic heterocycles. The molecule has 0 radical (unpaired) electrons. The molecule has 1 aliphatic rings. The van der Waals surface area contributed by atoms with Crippen molar-refractivity contribution in [3.63, 3.8) is 0 Å². The van der Waals surface area contributed by atoms with Crippen molar-refractivity contribution in [2.24, 2.45) is 0 Å². The van der Waals surface area contributed by atoms with E-state index in [9.17, 15) is 14.9 Å². The number of amides is 1. The standard InChI is InChI=1S/C17H20N4O4S/c1-11-7-20(8-12(2)25-11)9-14-10-26-17(18-14)19-16(22)13-4-3-5-15(6-13)21(23)24/h3-6,10-12H,7-9H2,1-2H3,(H,18,19,22). The summed E-state index contributed by atoms with van der Waals surface area (Å²) in [6, 6.07) is 5.62. The first-order valence-corrected chi connectivity index (χ1v) is 9.16. The second kappa shape index (κ2) is 7.90. The smallest absolute Gasteiger partial charge is 0.270 e. The van der Waals surface area contributed by atoms with Gasteiger partial charge < -0.3 is 4.74 Å². The van der Waals surface area contributed by atoms with E-state index in [-0.39, 0.29) is 23.5 Å². The number of aromatic nitrogens is 1. The van der Waals surface area contributed by atoms with Crippen molar-refractivity contribution in [3.05, 3.63) is 51.0 Å². The maximum absolute atomic E-state index is 12.3. The van der Waals surface area contributed by atoms with E-state index in [1.165, 1.54) is 35.6 Å². The van der Waals surface area contributed by atoms with E-state index in [1.54, 1.807) is 0 Å². The van der Waals surface area contributed by atoms with Crippen molar-refractivity contribution in [1.29, 1.82) is 0 Å². The predicted molar refractivity (Wildman–Crippen MR) is 98.4 cm³/mol. The molecule has 8 nitrogen and oxygen atoms in total. The molecule has 0 saturated carbocycles. The van der Waals surface area contributed by atoms with Crippen LogP contribution in [-0.2, 0) is 11.3 Å². The summed E-state index contributed by atoms with van der Waals surface area (Å²) in [5.41, 5.74) is 0.991. The van der Waals surface area contributed by atoms with E-state index < -0.39 is 10.8 Å². The first kappa shape index (κ1) is 18.4. The number of nitrogens with zero attached hydrogens (tertiary/aromatic N) is 3. The molecule has 0 aliphatic carbocycles. The van der Waals surface area contributed by atoms with Gasteiger partial charge in [0.1, 0.15) is 0 Å². The number of nitrogens with one attached hydrogen (secondary N) is 1. The Labute approximate surface area is 154 Å². The van der Waals surface area contributed by atoms with Crippen LogP contribution in [0, 0.1) is 10.1 Å². The van der Waals surface area contributed by atoms with Gasteiger partial charge in [-0.15, -0.1) is 11.3 Å². The fourth-order valence-electron chi connectivity index (χ4n) is 3.01. The Morgan fingerprint density at radius 1 is 1.42 bits per heavy atom. The lowest BCUT2D eigenvalue weighted by Gasteiger charge is -2.34. The van der Waals surface area contributed by atoms with Gasteiger partial charge >= 0.3 is 0 Å². The molecule has 1 N–H and O–H groups in total. The quantitative estimate of drug-likeness (QED) is 0.636. The number of rotatable bonds is 5. The van der Waals surface area contributed by atoms with Gasteiger partial charge in [0.25, 0.3) is 11.6 Å². The maximum Gasteiger partial charge on any atom is 0.270 e. The number of ether oxygens (including phenoxy) is 1. The number of carbonyl (C=O) groups is 1. The van der Waals surface area contributed by atoms with Gasteiger partial charge in [-0.3, -0.25) is 25.1 Å². The zero-order valence-electron chi connectivity index (χ0n) is 14.5. The van der Waals surface area contributed by atoms with Crippen LogP contribution in [0.25, 0.3) is 0 Å². The highest BCUT2D eigenvalue weighted by Crippen LogP contribution is 2.21. The molecule has 138 valence electrons. The Hall–Kier alpha value is -2.36. The minimum Gasteiger partial charge on any atom is -0.373 e. The summed E-state index contributed by atoms with van der Waals surface area (Å²) >= 11 is 1.34. The molecule has 1 saturated heterocycles. The minimum atomic E-state index is -0.525. The van der Waals surface area contributed by atoms with Crippen molar-refractivity contribution in [2.75, 3.05) is 18.4 Å². The van der Waals surface area contributed by atoms with Crippen LogP contribution in [-0.4, -0.2) is 46.0 Å². The molecule has 9 heteroatoms. The Morgan fingerprint density at radius 2 is 2.15 bits per heavy atom. The van der Waals surface area contributed by atoms with E-state index in [0.717, 1.165) is 18.8 Å². The summed E-state index contributed by atoms with van der Waals surface area (Å²) in [7, 11) is 0. The van der Waals surface area contributed by atoms with Gasteiger partial charge in [-0.25, -0.2) is 4.98 Å². The molecule has 1 aliphatic heterocycles. The van der Waals surface area contributed by atoms with Crippen LogP contribution in [0.2, 0.25) is 0 Å². The molecule has 1 amide bonds. The third-order valence-electron chi connectivity index (χ3n) is 3.97. The number of non-ortho nitro benzene ring substituents is 1. The Bertz CT molecular complexity index is 800. The van der Waals surface area contributed by atoms with Gasteiger partial charge in [-0.1, -0.05) is 6.07 Å². The summed E-state index contributed by atoms with van der Waals surface area (Å²) in [5.74, 6) is -0.414. The highest BCUT2D eigenvalue weighted by molar-refractivity contribution is 7.13. The van der Waals surface area contributed by atoms with Gasteiger partial charge in [0, 0.05) is 42.7 Å². The molecule has 0 spiro atoms. The number of hydrogen-bond donors (Lipinski definition) is 1. The minimum absolute atomic E-state index is 0.118. The predicted octanol–water partition coefficient (Wildman–Crippen LogP) is 2.91. The Kier molecular flexibility index (Phi) is 5.60. The molecular weight excluding hydrogens is 356 g/mol. The fourth-order valence-corrected chi connectivity index (χ4v) is 3.71. The van der Waals surface area contributed by atoms with Gasteiger partial charge in [0.2, 0.25) is 0 Å². The van der Waals surface area contributed by atoms with Crippen LogP contribution in [0.1, 0.15) is 29.9 Å². The number of anilines is 1. The lowest BCUT2D eigenvalue weighted by atomic mass is 10.2. The highest BCUT2D eigenvalue weighted by atomic mass is 32.1. The largest absolute Gasteiger partial charge is 0.373 e. The zero-order valence-corrected chi connectivity index (χ0v) is 15.4. The van der Waals surface area contributed by atoms with Crippen molar-refractivity contribution < 1.29 is 14.5 Å². The van der Waals surface area contributed by atoms with Crippen LogP contribution in [0.15, 0.2) is 29.6 Å². The third kappa shape index (κ3) is 4.63. The molecule has 26 heavy (non-hydrogen) atoms. The lowest BCUT2D eigenvalue weighted by Crippen LogP contribution is -2.44. The van der Waals surface area contributed by atoms with E-state index in [4.69, 9.17) is 4.74 Å². The van der Waals surface area contributed by atoms with Crippen LogP contribution in [0.4, 0.5) is 10.8 Å². The molecule has 2 atom stereocenters. The second-order valence-electron chi connectivity index (χ2n) is 6.36. The van der Waals surface area contributed by atoms with E-state index >= 15 is 0 Å². The number of benzene rings is 1. The molecule has 0 bridgehead atoms. The summed E-state index contributed by atoms with van der Waals surface area (Å²) < 4.78 is 5.72. The van der Waals surface area contributed by atoms with Crippen molar-refractivity contribution in [1.82, 2.24) is 9.88 Å². The average Bonchev–Trinajstić information content (AvgIpc) is 3.00. The van der Waals surface area contributed by atoms with Crippen molar-refractivity contribution >= 4 is 28.1 Å².